The molecule has 2 heterocycles. The van der Waals surface area contributed by atoms with Gasteiger partial charge in [-0.2, -0.15) is 0 Å². The summed E-state index contributed by atoms with van der Waals surface area (Å²) >= 11 is 0. The van der Waals surface area contributed by atoms with Gasteiger partial charge < -0.3 is 9.84 Å². The van der Waals surface area contributed by atoms with Crippen LogP contribution >= 0.6 is 0 Å². The van der Waals surface area contributed by atoms with Crippen LogP contribution in [-0.2, 0) is 0 Å². The van der Waals surface area contributed by atoms with Crippen molar-refractivity contribution in [1.82, 2.24) is 19.9 Å². The van der Waals surface area contributed by atoms with Gasteiger partial charge in [0, 0.05) is 24.8 Å². The summed E-state index contributed by atoms with van der Waals surface area (Å²) in [6, 6.07) is 1.67. The van der Waals surface area contributed by atoms with E-state index in [0.717, 1.165) is 0 Å². The van der Waals surface area contributed by atoms with Crippen molar-refractivity contribution in [3.63, 3.8) is 0 Å². The smallest absolute Gasteiger partial charge is 0.238 e. The first kappa shape index (κ1) is 10.4. The quantitative estimate of drug-likeness (QED) is 0.800. The Labute approximate surface area is 92.0 Å². The lowest BCUT2D eigenvalue weighted by Crippen LogP contribution is -2.09. The lowest BCUT2D eigenvalue weighted by molar-refractivity contribution is 0.197. The monoisotopic (exact) mass is 218 g/mol. The summed E-state index contributed by atoms with van der Waals surface area (Å²) in [5.41, 5.74) is 0.302. The predicted octanol–water partition coefficient (Wildman–Crippen LogP) is 0.357. The molecule has 6 heteroatoms. The molecule has 0 aromatic carbocycles. The fourth-order valence-electron chi connectivity index (χ4n) is 1.25. The fraction of sp³-hybridized carbons (Fsp3) is 0.200. The van der Waals surface area contributed by atoms with Crippen molar-refractivity contribution >= 4 is 0 Å². The fourth-order valence-corrected chi connectivity index (χ4v) is 1.25. The summed E-state index contributed by atoms with van der Waals surface area (Å²) < 4.78 is 5.00. The number of hydrogen-bond donors (Lipinski definition) is 1. The number of aliphatic hydroxyl groups excluding tert-OH is 1. The van der Waals surface area contributed by atoms with Crippen LogP contribution in [0.4, 0.5) is 0 Å². The zero-order valence-corrected chi connectivity index (χ0v) is 8.61. The summed E-state index contributed by atoms with van der Waals surface area (Å²) in [5.74, 6) is 0.531. The van der Waals surface area contributed by atoms with Crippen molar-refractivity contribution in [1.29, 1.82) is 0 Å². The third-order valence-corrected chi connectivity index (χ3v) is 1.97. The Morgan fingerprint density at radius 1 is 1.06 bits per heavy atom. The minimum Gasteiger partial charge on any atom is -0.480 e. The molecule has 0 saturated heterocycles. The number of aliphatic hydroxyl groups is 1. The van der Waals surface area contributed by atoms with E-state index in [1.165, 1.54) is 19.5 Å². The zero-order chi connectivity index (χ0) is 11.4. The normalized spacial score (nSPS) is 12.1. The minimum atomic E-state index is -1.04. The summed E-state index contributed by atoms with van der Waals surface area (Å²) in [5, 5.41) is 10.00. The average Bonchev–Trinajstić information content (AvgIpc) is 2.39. The van der Waals surface area contributed by atoms with E-state index in [0.29, 0.717) is 5.69 Å². The number of ether oxygens (including phenoxy) is 1. The van der Waals surface area contributed by atoms with Gasteiger partial charge in [0.1, 0.15) is 5.69 Å². The van der Waals surface area contributed by atoms with Gasteiger partial charge in [0.25, 0.3) is 0 Å². The molecule has 0 spiro atoms. The highest BCUT2D eigenvalue weighted by atomic mass is 16.5. The van der Waals surface area contributed by atoms with Crippen LogP contribution in [0.1, 0.15) is 17.6 Å². The van der Waals surface area contributed by atoms with Crippen LogP contribution in [0.25, 0.3) is 0 Å². The largest absolute Gasteiger partial charge is 0.480 e. The molecule has 0 aliphatic rings. The average molecular weight is 218 g/mol. The second-order valence-corrected chi connectivity index (χ2v) is 2.96. The molecule has 1 atom stereocenters. The van der Waals surface area contributed by atoms with Gasteiger partial charge in [0.05, 0.1) is 7.11 Å². The van der Waals surface area contributed by atoms with Gasteiger partial charge in [-0.3, -0.25) is 4.98 Å². The molecule has 2 aromatic rings. The molecule has 16 heavy (non-hydrogen) atoms. The number of rotatable bonds is 3. The predicted molar refractivity (Wildman–Crippen MR) is 54.7 cm³/mol. The van der Waals surface area contributed by atoms with Crippen LogP contribution in [-0.4, -0.2) is 32.2 Å². The Balaban J connectivity index is 2.37. The summed E-state index contributed by atoms with van der Waals surface area (Å²) in [4.78, 5) is 15.8. The van der Waals surface area contributed by atoms with Crippen LogP contribution in [0.2, 0.25) is 0 Å². The van der Waals surface area contributed by atoms with E-state index in [4.69, 9.17) is 4.74 Å². The lowest BCUT2D eigenvalue weighted by atomic mass is 10.2. The molecule has 1 unspecified atom stereocenters. The Bertz CT molecular complexity index is 463. The van der Waals surface area contributed by atoms with E-state index in [1.54, 1.807) is 18.5 Å². The molecular formula is C10H10N4O2. The van der Waals surface area contributed by atoms with Gasteiger partial charge in [-0.1, -0.05) is 0 Å². The molecule has 2 aromatic heterocycles. The highest BCUT2D eigenvalue weighted by Gasteiger charge is 2.19. The van der Waals surface area contributed by atoms with Crippen molar-refractivity contribution in [2.75, 3.05) is 7.11 Å². The van der Waals surface area contributed by atoms with Crippen molar-refractivity contribution < 1.29 is 9.84 Å². The van der Waals surface area contributed by atoms with E-state index in [2.05, 4.69) is 19.9 Å². The van der Waals surface area contributed by atoms with Crippen LogP contribution in [0.5, 0.6) is 5.88 Å². The maximum atomic E-state index is 10.00. The molecule has 82 valence electrons. The summed E-state index contributed by atoms with van der Waals surface area (Å²) in [6.45, 7) is 0. The van der Waals surface area contributed by atoms with Crippen LogP contribution in [0.3, 0.4) is 0 Å². The molecule has 1 N–H and O–H groups in total. The van der Waals surface area contributed by atoms with Gasteiger partial charge in [-0.15, -0.1) is 0 Å². The zero-order valence-electron chi connectivity index (χ0n) is 8.61. The van der Waals surface area contributed by atoms with Gasteiger partial charge in [-0.05, 0) is 6.07 Å². The molecule has 0 bridgehead atoms. The van der Waals surface area contributed by atoms with Gasteiger partial charge >= 0.3 is 0 Å². The second-order valence-electron chi connectivity index (χ2n) is 2.96. The molecule has 0 saturated carbocycles. The number of methoxy groups -OCH3 is 1. The molecule has 0 aliphatic heterocycles. The Morgan fingerprint density at radius 2 is 1.75 bits per heavy atom. The SMILES string of the molecule is COc1nccnc1C(O)c1ncccn1. The van der Waals surface area contributed by atoms with E-state index in [-0.39, 0.29) is 11.7 Å². The van der Waals surface area contributed by atoms with Crippen molar-refractivity contribution in [3.05, 3.63) is 42.4 Å². The first-order valence-corrected chi connectivity index (χ1v) is 4.63. The highest BCUT2D eigenvalue weighted by Crippen LogP contribution is 2.22. The molecule has 0 amide bonds. The molecule has 2 rings (SSSR count). The molecule has 0 radical (unpaired) electrons. The Morgan fingerprint density at radius 3 is 2.44 bits per heavy atom. The number of nitrogens with zero attached hydrogens (tertiary/aromatic N) is 4. The maximum absolute atomic E-state index is 10.00. The molecular weight excluding hydrogens is 208 g/mol. The van der Waals surface area contributed by atoms with Crippen LogP contribution in [0.15, 0.2) is 30.9 Å². The van der Waals surface area contributed by atoms with Crippen molar-refractivity contribution in [3.8, 4) is 5.88 Å². The standard InChI is InChI=1S/C10H10N4O2/c1-16-10-7(11-5-6-14-10)8(15)9-12-3-2-4-13-9/h2-6,8,15H,1H3. The van der Waals surface area contributed by atoms with Crippen LogP contribution in [0, 0.1) is 0 Å². The molecule has 6 nitrogen and oxygen atoms in total. The summed E-state index contributed by atoms with van der Waals surface area (Å²) in [7, 11) is 1.46. The highest BCUT2D eigenvalue weighted by molar-refractivity contribution is 5.24. The maximum Gasteiger partial charge on any atom is 0.238 e. The van der Waals surface area contributed by atoms with Crippen molar-refractivity contribution in [2.45, 2.75) is 6.10 Å². The molecule has 0 fully saturated rings. The van der Waals surface area contributed by atoms with E-state index < -0.39 is 6.10 Å². The second kappa shape index (κ2) is 4.63. The first-order valence-electron chi connectivity index (χ1n) is 4.63. The topological polar surface area (TPSA) is 81.0 Å². The Kier molecular flexibility index (Phi) is 3.02. The number of hydrogen-bond acceptors (Lipinski definition) is 6. The van der Waals surface area contributed by atoms with Gasteiger partial charge in [-0.25, -0.2) is 15.0 Å². The van der Waals surface area contributed by atoms with E-state index in [1.807, 2.05) is 0 Å². The Hall–Kier alpha value is -2.08. The van der Waals surface area contributed by atoms with E-state index in [9.17, 15) is 5.11 Å². The van der Waals surface area contributed by atoms with Crippen LogP contribution < -0.4 is 4.74 Å². The van der Waals surface area contributed by atoms with Crippen molar-refractivity contribution in [2.24, 2.45) is 0 Å². The van der Waals surface area contributed by atoms with Gasteiger partial charge in [0.2, 0.25) is 5.88 Å². The first-order chi connectivity index (χ1) is 7.83. The lowest BCUT2D eigenvalue weighted by Gasteiger charge is -2.10. The summed E-state index contributed by atoms with van der Waals surface area (Å²) in [6.07, 6.45) is 5.03. The third kappa shape index (κ3) is 1.96. The van der Waals surface area contributed by atoms with Gasteiger partial charge in [0.15, 0.2) is 11.9 Å². The third-order valence-electron chi connectivity index (χ3n) is 1.97. The minimum absolute atomic E-state index is 0.265. The molecule has 0 aliphatic carbocycles. The number of aromatic nitrogens is 4. The van der Waals surface area contributed by atoms with E-state index >= 15 is 0 Å².